The van der Waals surface area contributed by atoms with Crippen molar-refractivity contribution >= 4 is 0 Å². The molecule has 0 spiro atoms. The minimum atomic E-state index is -0.573. The Kier molecular flexibility index (Phi) is 5.46. The van der Waals surface area contributed by atoms with Gasteiger partial charge in [-0.25, -0.2) is 0 Å². The van der Waals surface area contributed by atoms with Crippen LogP contribution in [0.25, 0.3) is 0 Å². The maximum Gasteiger partial charge on any atom is 0.258 e. The van der Waals surface area contributed by atoms with Crippen LogP contribution < -0.4 is 20.8 Å². The largest absolute Gasteiger partial charge is 0.494 e. The lowest BCUT2D eigenvalue weighted by Crippen LogP contribution is -2.33. The Hall–Kier alpha value is -3.20. The van der Waals surface area contributed by atoms with E-state index in [2.05, 4.69) is 19.9 Å². The zero-order valence-corrected chi connectivity index (χ0v) is 16.7. The highest BCUT2D eigenvalue weighted by molar-refractivity contribution is 5.55. The summed E-state index contributed by atoms with van der Waals surface area (Å²) in [6.07, 6.45) is 0. The molecule has 6 heteroatoms. The first-order chi connectivity index (χ1) is 13.4. The van der Waals surface area contributed by atoms with Gasteiger partial charge in [0.15, 0.2) is 0 Å². The van der Waals surface area contributed by atoms with Crippen LogP contribution in [0.4, 0.5) is 0 Å². The summed E-state index contributed by atoms with van der Waals surface area (Å²) in [5.74, 6) is 0.914. The molecule has 0 saturated heterocycles. The molecule has 0 bridgehead atoms. The number of fused-ring (bicyclic) bond motifs is 1. The van der Waals surface area contributed by atoms with Gasteiger partial charge in [0.25, 0.3) is 5.56 Å². The van der Waals surface area contributed by atoms with Gasteiger partial charge in [-0.15, -0.1) is 0 Å². The third-order valence-electron chi connectivity index (χ3n) is 4.76. The van der Waals surface area contributed by atoms with Gasteiger partial charge in [0.2, 0.25) is 5.88 Å². The highest BCUT2D eigenvalue weighted by atomic mass is 16.5. The van der Waals surface area contributed by atoms with E-state index in [-0.39, 0.29) is 17.0 Å². The molecule has 1 atom stereocenters. The molecule has 1 aromatic heterocycles. The lowest BCUT2D eigenvalue weighted by molar-refractivity contribution is 0.340. The number of nitrogens with zero attached hydrogens (tertiary/aromatic N) is 2. The van der Waals surface area contributed by atoms with Crippen molar-refractivity contribution in [2.45, 2.75) is 40.2 Å². The number of rotatable bonds is 5. The Morgan fingerprint density at radius 2 is 2.00 bits per heavy atom. The van der Waals surface area contributed by atoms with Crippen molar-refractivity contribution in [1.29, 1.82) is 5.26 Å². The van der Waals surface area contributed by atoms with Crippen molar-refractivity contribution in [3.63, 3.8) is 0 Å². The molecule has 1 aliphatic heterocycles. The smallest absolute Gasteiger partial charge is 0.258 e. The lowest BCUT2D eigenvalue weighted by Gasteiger charge is -2.27. The topological polar surface area (TPSA) is 90.3 Å². The van der Waals surface area contributed by atoms with E-state index in [1.807, 2.05) is 44.2 Å². The molecule has 0 radical (unpaired) electrons. The van der Waals surface area contributed by atoms with E-state index in [4.69, 9.17) is 15.2 Å². The van der Waals surface area contributed by atoms with Gasteiger partial charge < -0.3 is 19.8 Å². The summed E-state index contributed by atoms with van der Waals surface area (Å²) in [6, 6.07) is 11.3. The van der Waals surface area contributed by atoms with Crippen molar-refractivity contribution in [3.05, 3.63) is 69.0 Å². The first-order valence-electron chi connectivity index (χ1n) is 9.42. The molecule has 6 nitrogen and oxygen atoms in total. The Morgan fingerprint density at radius 3 is 2.57 bits per heavy atom. The molecule has 0 amide bonds. The molecule has 146 valence electrons. The third-order valence-corrected chi connectivity index (χ3v) is 4.76. The summed E-state index contributed by atoms with van der Waals surface area (Å²) < 4.78 is 12.9. The molecule has 1 unspecified atom stereocenters. The summed E-state index contributed by atoms with van der Waals surface area (Å²) >= 11 is 0. The molecule has 0 fully saturated rings. The van der Waals surface area contributed by atoms with Crippen LogP contribution in [-0.2, 0) is 6.54 Å². The quantitative estimate of drug-likeness (QED) is 0.859. The highest BCUT2D eigenvalue weighted by Gasteiger charge is 2.34. The second kappa shape index (κ2) is 7.81. The van der Waals surface area contributed by atoms with Gasteiger partial charge >= 0.3 is 0 Å². The Bertz CT molecular complexity index is 1010. The van der Waals surface area contributed by atoms with Crippen LogP contribution in [0.15, 0.2) is 46.6 Å². The van der Waals surface area contributed by atoms with E-state index < -0.39 is 5.92 Å². The monoisotopic (exact) mass is 379 g/mol. The maximum atomic E-state index is 13.4. The first kappa shape index (κ1) is 19.6. The normalized spacial score (nSPS) is 15.8. The molecule has 0 saturated carbocycles. The number of allylic oxidation sites excluding steroid dienone is 1. The first-order valence-corrected chi connectivity index (χ1v) is 9.42. The number of nitriles is 1. The summed E-state index contributed by atoms with van der Waals surface area (Å²) in [5, 5.41) is 9.72. The number of aromatic nitrogens is 1. The predicted molar refractivity (Wildman–Crippen MR) is 107 cm³/mol. The van der Waals surface area contributed by atoms with E-state index >= 15 is 0 Å². The number of ether oxygens (including phenoxy) is 2. The van der Waals surface area contributed by atoms with Crippen LogP contribution in [-0.4, -0.2) is 11.2 Å². The molecular weight excluding hydrogens is 354 g/mol. The average molecular weight is 379 g/mol. The van der Waals surface area contributed by atoms with Crippen molar-refractivity contribution in [2.24, 2.45) is 11.7 Å². The lowest BCUT2D eigenvalue weighted by atomic mass is 9.84. The van der Waals surface area contributed by atoms with E-state index in [1.54, 1.807) is 4.57 Å². The molecule has 1 aliphatic rings. The molecule has 2 heterocycles. The van der Waals surface area contributed by atoms with Crippen LogP contribution in [0.3, 0.4) is 0 Å². The van der Waals surface area contributed by atoms with Crippen LogP contribution in [0.2, 0.25) is 0 Å². The van der Waals surface area contributed by atoms with Gasteiger partial charge in [-0.3, -0.25) is 4.79 Å². The zero-order chi connectivity index (χ0) is 20.4. The highest BCUT2D eigenvalue weighted by Crippen LogP contribution is 2.40. The second-order valence-electron chi connectivity index (χ2n) is 7.30. The summed E-state index contributed by atoms with van der Waals surface area (Å²) in [7, 11) is 0. The van der Waals surface area contributed by atoms with Gasteiger partial charge in [0.1, 0.15) is 23.1 Å². The number of hydrogen-bond acceptors (Lipinski definition) is 5. The molecule has 2 aromatic rings. The standard InChI is InChI=1S/C22H25N3O3/c1-5-27-16-8-6-15(7-9-16)19-17(11-23)21(24)28-18-10-14(4)25(12-13(2)3)22(26)20(18)19/h6-10,13,19H,5,12,24H2,1-4H3. The molecule has 0 aliphatic carbocycles. The predicted octanol–water partition coefficient (Wildman–Crippen LogP) is 3.43. The van der Waals surface area contributed by atoms with Crippen LogP contribution in [0.1, 0.15) is 43.5 Å². The van der Waals surface area contributed by atoms with E-state index in [9.17, 15) is 10.1 Å². The molecular formula is C22H25N3O3. The Morgan fingerprint density at radius 1 is 1.32 bits per heavy atom. The summed E-state index contributed by atoms with van der Waals surface area (Å²) in [5.41, 5.74) is 8.17. The maximum absolute atomic E-state index is 13.4. The number of benzene rings is 1. The fraction of sp³-hybridized carbons (Fsp3) is 0.364. The fourth-order valence-corrected chi connectivity index (χ4v) is 3.53. The number of aryl methyl sites for hydroxylation is 1. The van der Waals surface area contributed by atoms with Crippen molar-refractivity contribution in [2.75, 3.05) is 6.61 Å². The number of pyridine rings is 1. The molecule has 28 heavy (non-hydrogen) atoms. The Labute approximate surface area is 164 Å². The van der Waals surface area contributed by atoms with Gasteiger partial charge in [-0.2, -0.15) is 5.26 Å². The third kappa shape index (κ3) is 3.48. The second-order valence-corrected chi connectivity index (χ2v) is 7.30. The summed E-state index contributed by atoms with van der Waals surface area (Å²) in [6.45, 7) is 9.07. The molecule has 3 rings (SSSR count). The van der Waals surface area contributed by atoms with E-state index in [1.165, 1.54) is 0 Å². The zero-order valence-electron chi connectivity index (χ0n) is 16.7. The minimum absolute atomic E-state index is 0.0364. The van der Waals surface area contributed by atoms with Crippen molar-refractivity contribution in [3.8, 4) is 17.6 Å². The molecule has 1 aromatic carbocycles. The fourth-order valence-electron chi connectivity index (χ4n) is 3.53. The van der Waals surface area contributed by atoms with Crippen LogP contribution in [0, 0.1) is 24.2 Å². The molecule has 2 N–H and O–H groups in total. The number of nitrogens with two attached hydrogens (primary N) is 1. The van der Waals surface area contributed by atoms with Gasteiger partial charge in [-0.1, -0.05) is 26.0 Å². The van der Waals surface area contributed by atoms with Crippen LogP contribution >= 0.6 is 0 Å². The van der Waals surface area contributed by atoms with Crippen LogP contribution in [0.5, 0.6) is 11.5 Å². The van der Waals surface area contributed by atoms with Gasteiger partial charge in [0, 0.05) is 18.3 Å². The van der Waals surface area contributed by atoms with Crippen molar-refractivity contribution < 1.29 is 9.47 Å². The Balaban J connectivity index is 2.21. The van der Waals surface area contributed by atoms with Crippen molar-refractivity contribution in [1.82, 2.24) is 4.57 Å². The minimum Gasteiger partial charge on any atom is -0.494 e. The average Bonchev–Trinajstić information content (AvgIpc) is 2.65. The van der Waals surface area contributed by atoms with Gasteiger partial charge in [0.05, 0.1) is 18.1 Å². The SMILES string of the molecule is CCOc1ccc(C2C(C#N)=C(N)Oc3cc(C)n(CC(C)C)c(=O)c32)cc1. The summed E-state index contributed by atoms with van der Waals surface area (Å²) in [4.78, 5) is 13.4. The van der Waals surface area contributed by atoms with E-state index in [0.29, 0.717) is 30.4 Å². The van der Waals surface area contributed by atoms with E-state index in [0.717, 1.165) is 17.0 Å². The van der Waals surface area contributed by atoms with Gasteiger partial charge in [-0.05, 0) is 37.5 Å². The number of hydrogen-bond donors (Lipinski definition) is 1.